The SMILES string of the molecule is COc1ccc2c(c1)C=C1CC3=C(C=C1O2)[OH+]c1ccc(OC)cc1C3.[O-][Cl+3]([O-])([O-])[O-]. The number of allylic oxidation sites excluding steroid dienone is 3. The van der Waals surface area contributed by atoms with Crippen LogP contribution in [0.4, 0.5) is 0 Å². The highest BCUT2D eigenvalue weighted by Crippen LogP contribution is 2.44. The van der Waals surface area contributed by atoms with Crippen LogP contribution in [0.5, 0.6) is 23.0 Å². The van der Waals surface area contributed by atoms with Crippen LogP contribution >= 0.6 is 0 Å². The molecule has 0 amide bonds. The number of rotatable bonds is 2. The van der Waals surface area contributed by atoms with E-state index in [2.05, 4.69) is 18.2 Å². The molecule has 0 spiro atoms. The van der Waals surface area contributed by atoms with Crippen LogP contribution in [0.3, 0.4) is 0 Å². The maximum absolute atomic E-state index is 8.49. The quantitative estimate of drug-likeness (QED) is 0.581. The number of methoxy groups -OCH3 is 2. The van der Waals surface area contributed by atoms with Crippen molar-refractivity contribution in [3.8, 4) is 23.0 Å². The summed E-state index contributed by atoms with van der Waals surface area (Å²) in [6.45, 7) is 0. The van der Waals surface area contributed by atoms with Crippen LogP contribution in [0.15, 0.2) is 65.1 Å². The Balaban J connectivity index is 0.000000418. The maximum Gasteiger partial charge on any atom is 0.264 e. The number of benzene rings is 2. The van der Waals surface area contributed by atoms with Crippen LogP contribution < -0.4 is 32.8 Å². The van der Waals surface area contributed by atoms with Crippen LogP contribution in [-0.2, 0) is 6.42 Å². The fourth-order valence-corrected chi connectivity index (χ4v) is 3.67. The van der Waals surface area contributed by atoms with Crippen LogP contribution in [-0.4, -0.2) is 19.0 Å². The second-order valence-corrected chi connectivity index (χ2v) is 7.77. The number of aromatic hydroxyl groups is 1. The Labute approximate surface area is 180 Å². The zero-order valence-electron chi connectivity index (χ0n) is 16.7. The first-order valence-electron chi connectivity index (χ1n) is 9.24. The molecule has 31 heavy (non-hydrogen) atoms. The molecule has 0 atom stereocenters. The van der Waals surface area contributed by atoms with E-state index < -0.39 is 10.2 Å². The van der Waals surface area contributed by atoms with Crippen molar-refractivity contribution in [2.75, 3.05) is 14.2 Å². The van der Waals surface area contributed by atoms with Crippen molar-refractivity contribution in [3.63, 3.8) is 0 Å². The Bertz CT molecular complexity index is 1100. The van der Waals surface area contributed by atoms with Crippen LogP contribution in [0, 0.1) is 10.2 Å². The highest BCUT2D eigenvalue weighted by Gasteiger charge is 2.32. The van der Waals surface area contributed by atoms with Crippen molar-refractivity contribution >= 4 is 6.08 Å². The van der Waals surface area contributed by atoms with Gasteiger partial charge in [0.05, 0.1) is 25.9 Å². The predicted molar refractivity (Wildman–Crippen MR) is 99.7 cm³/mol. The zero-order chi connectivity index (χ0) is 22.2. The van der Waals surface area contributed by atoms with Gasteiger partial charge in [-0.2, -0.15) is 0 Å². The maximum atomic E-state index is 8.49. The number of fused-ring (bicyclic) bond motifs is 3. The molecule has 5 rings (SSSR count). The standard InChI is InChI=1S/C22H18O4.ClHO4/c1-23-17-3-5-19-15(10-17)8-13-7-14-9-16-11-18(24-2)4-6-20(16)26-22(14)12-21(13)25-19;2-1(3,4)5/h3-6,8,10-12H,7,9H2,1-2H3;(H,2,3,4,5). The summed E-state index contributed by atoms with van der Waals surface area (Å²) in [6, 6.07) is 11.9. The molecule has 2 aliphatic heterocycles. The van der Waals surface area contributed by atoms with Gasteiger partial charge in [0.2, 0.25) is 0 Å². The van der Waals surface area contributed by atoms with Gasteiger partial charge in [0.1, 0.15) is 23.0 Å². The van der Waals surface area contributed by atoms with E-state index in [1.165, 1.54) is 16.7 Å². The number of aliphatic hydroxyl groups is 1. The minimum Gasteiger partial charge on any atom is -0.546 e. The molecule has 8 nitrogen and oxygen atoms in total. The molecule has 0 bridgehead atoms. The molecular formula is C22H19ClO8. The number of hydrogen-bond acceptors (Lipinski definition) is 7. The minimum atomic E-state index is -4.94. The summed E-state index contributed by atoms with van der Waals surface area (Å²) >= 11 is 0. The normalized spacial score (nSPS) is 15.9. The zero-order valence-corrected chi connectivity index (χ0v) is 17.5. The fourth-order valence-electron chi connectivity index (χ4n) is 3.67. The Hall–Kier alpha value is -3.01. The van der Waals surface area contributed by atoms with E-state index in [0.717, 1.165) is 52.9 Å². The lowest BCUT2D eigenvalue weighted by Gasteiger charge is -2.27. The van der Waals surface area contributed by atoms with Crippen molar-refractivity contribution in [1.29, 1.82) is 0 Å². The predicted octanol–water partition coefficient (Wildman–Crippen LogP) is -0.237. The van der Waals surface area contributed by atoms with E-state index in [4.69, 9.17) is 37.6 Å². The molecule has 2 heterocycles. The molecule has 162 valence electrons. The highest BCUT2D eigenvalue weighted by molar-refractivity contribution is 5.70. The van der Waals surface area contributed by atoms with Crippen LogP contribution in [0.1, 0.15) is 17.5 Å². The average Bonchev–Trinajstić information content (AvgIpc) is 2.72. The van der Waals surface area contributed by atoms with Gasteiger partial charge in [-0.25, -0.2) is 18.6 Å². The van der Waals surface area contributed by atoms with E-state index in [9.17, 15) is 0 Å². The van der Waals surface area contributed by atoms with Gasteiger partial charge < -0.3 is 18.9 Å². The van der Waals surface area contributed by atoms with E-state index in [0.29, 0.717) is 0 Å². The summed E-state index contributed by atoms with van der Waals surface area (Å²) in [4.78, 5) is 0. The third-order valence-corrected chi connectivity index (χ3v) is 5.05. The van der Waals surface area contributed by atoms with Crippen molar-refractivity contribution < 1.29 is 47.8 Å². The van der Waals surface area contributed by atoms with E-state index in [1.54, 1.807) is 14.2 Å². The van der Waals surface area contributed by atoms with Crippen molar-refractivity contribution in [3.05, 3.63) is 76.3 Å². The Kier molecular flexibility index (Phi) is 5.65. The molecule has 0 fully saturated rings. The Morgan fingerprint density at radius 3 is 2.29 bits per heavy atom. The van der Waals surface area contributed by atoms with Gasteiger partial charge in [-0.1, -0.05) is 0 Å². The average molecular weight is 447 g/mol. The second-order valence-electron chi connectivity index (χ2n) is 7.01. The van der Waals surface area contributed by atoms with E-state index in [1.807, 2.05) is 30.3 Å². The lowest BCUT2D eigenvalue weighted by atomic mass is 9.88. The molecule has 0 unspecified atom stereocenters. The Morgan fingerprint density at radius 2 is 1.58 bits per heavy atom. The molecule has 0 saturated carbocycles. The Morgan fingerprint density at radius 1 is 0.903 bits per heavy atom. The summed E-state index contributed by atoms with van der Waals surface area (Å²) in [5, 5.41) is 0. The van der Waals surface area contributed by atoms with Crippen molar-refractivity contribution in [1.82, 2.24) is 0 Å². The third-order valence-electron chi connectivity index (χ3n) is 5.05. The van der Waals surface area contributed by atoms with Crippen molar-refractivity contribution in [2.24, 2.45) is 0 Å². The van der Waals surface area contributed by atoms with Gasteiger partial charge in [-0.05, 0) is 36.4 Å². The first kappa shape index (κ1) is 21.2. The molecule has 0 saturated heterocycles. The van der Waals surface area contributed by atoms with Crippen LogP contribution in [0.25, 0.3) is 6.08 Å². The highest BCUT2D eigenvalue weighted by atomic mass is 35.7. The molecule has 1 N–H and O–H groups in total. The number of ether oxygens (including phenoxy) is 4. The molecule has 3 aliphatic rings. The summed E-state index contributed by atoms with van der Waals surface area (Å²) in [5.41, 5.74) is 4.76. The summed E-state index contributed by atoms with van der Waals surface area (Å²) < 4.78 is 55.6. The fraction of sp³-hybridized carbons (Fsp3) is 0.182. The van der Waals surface area contributed by atoms with Gasteiger partial charge in [0.15, 0.2) is 0 Å². The molecule has 1 aliphatic carbocycles. The molecule has 9 heteroatoms. The van der Waals surface area contributed by atoms with Gasteiger partial charge in [0.25, 0.3) is 11.5 Å². The second kappa shape index (κ2) is 8.26. The number of halogens is 1. The van der Waals surface area contributed by atoms with Gasteiger partial charge in [-0.3, -0.25) is 0 Å². The smallest absolute Gasteiger partial charge is 0.264 e. The first-order valence-corrected chi connectivity index (χ1v) is 10.5. The number of hydrogen-bond donors (Lipinski definition) is 0. The third kappa shape index (κ3) is 4.84. The van der Waals surface area contributed by atoms with Crippen LogP contribution in [0.2, 0.25) is 0 Å². The van der Waals surface area contributed by atoms with Gasteiger partial charge in [0, 0.05) is 35.6 Å². The molecule has 0 radical (unpaired) electrons. The molecule has 2 aromatic rings. The van der Waals surface area contributed by atoms with E-state index in [-0.39, 0.29) is 0 Å². The lowest BCUT2D eigenvalue weighted by Crippen LogP contribution is -2.68. The summed E-state index contributed by atoms with van der Waals surface area (Å²) in [5.74, 6) is 5.48. The van der Waals surface area contributed by atoms with E-state index >= 15 is 0 Å². The molecule has 2 aromatic carbocycles. The topological polar surface area (TPSA) is 133 Å². The first-order chi connectivity index (χ1) is 14.7. The van der Waals surface area contributed by atoms with Crippen molar-refractivity contribution in [2.45, 2.75) is 12.8 Å². The minimum absolute atomic E-state index is 0.834. The molecule has 0 aromatic heterocycles. The largest absolute Gasteiger partial charge is 0.546 e. The lowest BCUT2D eigenvalue weighted by molar-refractivity contribution is -2.00. The monoisotopic (exact) mass is 446 g/mol. The summed E-state index contributed by atoms with van der Waals surface area (Å²) in [6.07, 6.45) is 5.98. The van der Waals surface area contributed by atoms with Gasteiger partial charge >= 0.3 is 0 Å². The van der Waals surface area contributed by atoms with Gasteiger partial charge in [-0.15, -0.1) is 10.2 Å². The molecular weight excluding hydrogens is 428 g/mol. The summed E-state index contributed by atoms with van der Waals surface area (Å²) in [7, 11) is -1.57.